The van der Waals surface area contributed by atoms with E-state index in [4.69, 9.17) is 0 Å². The second kappa shape index (κ2) is 7.40. The van der Waals surface area contributed by atoms with Crippen molar-refractivity contribution < 1.29 is 14.5 Å². The smallest absolute Gasteiger partial charge is 0.274 e. The van der Waals surface area contributed by atoms with Gasteiger partial charge in [-0.3, -0.25) is 24.5 Å². The van der Waals surface area contributed by atoms with Crippen molar-refractivity contribution in [2.24, 2.45) is 7.05 Å². The second-order valence-corrected chi connectivity index (χ2v) is 6.32. The van der Waals surface area contributed by atoms with Gasteiger partial charge >= 0.3 is 0 Å². The SMILES string of the molecule is Cn1cc(C(=O)N2CCCC2)cc(NC(=O)c2ccc([N+](=O)[O-])cc2)c1=O. The third-order valence-corrected chi connectivity index (χ3v) is 4.41. The van der Waals surface area contributed by atoms with Crippen molar-refractivity contribution in [1.29, 1.82) is 0 Å². The van der Waals surface area contributed by atoms with Gasteiger partial charge in [0.2, 0.25) is 0 Å². The Hall–Kier alpha value is -3.49. The molecule has 0 aliphatic carbocycles. The molecule has 9 nitrogen and oxygen atoms in total. The third-order valence-electron chi connectivity index (χ3n) is 4.41. The number of nitrogens with zero attached hydrogens (tertiary/aromatic N) is 3. The van der Waals surface area contributed by atoms with Crippen molar-refractivity contribution in [3.8, 4) is 0 Å². The van der Waals surface area contributed by atoms with Crippen LogP contribution in [-0.4, -0.2) is 39.3 Å². The molecular weight excluding hydrogens is 352 g/mol. The molecular formula is C18H18N4O5. The van der Waals surface area contributed by atoms with E-state index in [0.29, 0.717) is 18.7 Å². The van der Waals surface area contributed by atoms with Crippen LogP contribution in [-0.2, 0) is 7.05 Å². The summed E-state index contributed by atoms with van der Waals surface area (Å²) in [6.07, 6.45) is 3.34. The Labute approximate surface area is 154 Å². The summed E-state index contributed by atoms with van der Waals surface area (Å²) in [5.41, 5.74) is -0.133. The molecule has 2 amide bonds. The number of rotatable bonds is 4. The maximum Gasteiger partial charge on any atom is 0.274 e. The predicted molar refractivity (Wildman–Crippen MR) is 97.9 cm³/mol. The van der Waals surface area contributed by atoms with Crippen LogP contribution in [0.25, 0.3) is 0 Å². The summed E-state index contributed by atoms with van der Waals surface area (Å²) in [7, 11) is 1.50. The quantitative estimate of drug-likeness (QED) is 0.651. The van der Waals surface area contributed by atoms with Gasteiger partial charge in [-0.2, -0.15) is 0 Å². The number of nitro groups is 1. The number of carbonyl (C=O) groups excluding carboxylic acids is 2. The lowest BCUT2D eigenvalue weighted by atomic mass is 10.2. The zero-order valence-electron chi connectivity index (χ0n) is 14.7. The standard InChI is InChI=1S/C18H18N4O5/c1-20-11-13(17(24)21-8-2-3-9-21)10-15(18(20)25)19-16(23)12-4-6-14(7-5-12)22(26)27/h4-7,10-11H,2-3,8-9H2,1H3,(H,19,23). The molecule has 9 heteroatoms. The summed E-state index contributed by atoms with van der Waals surface area (Å²) < 4.78 is 1.24. The summed E-state index contributed by atoms with van der Waals surface area (Å²) >= 11 is 0. The molecule has 0 bridgehead atoms. The number of non-ortho nitro benzene ring substituents is 1. The maximum absolute atomic E-state index is 12.6. The number of anilines is 1. The second-order valence-electron chi connectivity index (χ2n) is 6.32. The number of pyridine rings is 1. The van der Waals surface area contributed by atoms with Crippen molar-refractivity contribution in [3.63, 3.8) is 0 Å². The summed E-state index contributed by atoms with van der Waals surface area (Å²) in [6, 6.07) is 6.39. The molecule has 2 heterocycles. The van der Waals surface area contributed by atoms with Crippen LogP contribution >= 0.6 is 0 Å². The van der Waals surface area contributed by atoms with Gasteiger partial charge in [-0.15, -0.1) is 0 Å². The van der Waals surface area contributed by atoms with E-state index in [2.05, 4.69) is 5.32 Å². The van der Waals surface area contributed by atoms with Crippen LogP contribution in [0.4, 0.5) is 11.4 Å². The van der Waals surface area contributed by atoms with E-state index < -0.39 is 16.4 Å². The highest BCUT2D eigenvalue weighted by molar-refractivity contribution is 6.05. The molecule has 1 aromatic heterocycles. The number of likely N-dealkylation sites (tertiary alicyclic amines) is 1. The molecule has 3 rings (SSSR count). The number of amides is 2. The highest BCUT2D eigenvalue weighted by atomic mass is 16.6. The Kier molecular flexibility index (Phi) is 5.02. The molecule has 1 aliphatic heterocycles. The van der Waals surface area contributed by atoms with Crippen molar-refractivity contribution in [3.05, 3.63) is 68.1 Å². The Morgan fingerprint density at radius 2 is 1.74 bits per heavy atom. The van der Waals surface area contributed by atoms with Crippen LogP contribution in [0.1, 0.15) is 33.6 Å². The lowest BCUT2D eigenvalue weighted by Crippen LogP contribution is -2.30. The summed E-state index contributed by atoms with van der Waals surface area (Å²) in [4.78, 5) is 49.1. The van der Waals surface area contributed by atoms with Gasteiger partial charge in [0.1, 0.15) is 5.69 Å². The van der Waals surface area contributed by atoms with E-state index in [0.717, 1.165) is 12.8 Å². The molecule has 2 aromatic rings. The molecule has 1 saturated heterocycles. The molecule has 0 saturated carbocycles. The minimum atomic E-state index is -0.590. The monoisotopic (exact) mass is 370 g/mol. The fraction of sp³-hybridized carbons (Fsp3) is 0.278. The highest BCUT2D eigenvalue weighted by Gasteiger charge is 2.21. The van der Waals surface area contributed by atoms with Crippen molar-refractivity contribution in [2.75, 3.05) is 18.4 Å². The van der Waals surface area contributed by atoms with Gasteiger partial charge < -0.3 is 14.8 Å². The Morgan fingerprint density at radius 3 is 2.33 bits per heavy atom. The summed E-state index contributed by atoms with van der Waals surface area (Å²) in [5, 5.41) is 13.2. The number of benzene rings is 1. The first-order valence-corrected chi connectivity index (χ1v) is 8.42. The fourth-order valence-corrected chi connectivity index (χ4v) is 2.95. The number of nitro benzene ring substituents is 1. The summed E-state index contributed by atoms with van der Waals surface area (Å²) in [6.45, 7) is 1.35. The average Bonchev–Trinajstić information content (AvgIpc) is 3.19. The van der Waals surface area contributed by atoms with Gasteiger partial charge in [0.25, 0.3) is 23.1 Å². The van der Waals surface area contributed by atoms with Gasteiger partial charge in [0.15, 0.2) is 0 Å². The zero-order chi connectivity index (χ0) is 19.6. The normalized spacial score (nSPS) is 13.4. The van der Waals surface area contributed by atoms with Crippen molar-refractivity contribution >= 4 is 23.2 Å². The van der Waals surface area contributed by atoms with E-state index >= 15 is 0 Å². The van der Waals surface area contributed by atoms with Crippen LogP contribution in [0, 0.1) is 10.1 Å². The van der Waals surface area contributed by atoms with Gasteiger partial charge in [-0.1, -0.05) is 0 Å². The van der Waals surface area contributed by atoms with Crippen molar-refractivity contribution in [1.82, 2.24) is 9.47 Å². The molecule has 140 valence electrons. The van der Waals surface area contributed by atoms with Crippen LogP contribution in [0.2, 0.25) is 0 Å². The third kappa shape index (κ3) is 3.86. The summed E-state index contributed by atoms with van der Waals surface area (Å²) in [5.74, 6) is -0.776. The fourth-order valence-electron chi connectivity index (χ4n) is 2.95. The molecule has 0 unspecified atom stereocenters. The first-order chi connectivity index (χ1) is 12.9. The number of nitrogens with one attached hydrogen (secondary N) is 1. The maximum atomic E-state index is 12.6. The number of hydrogen-bond acceptors (Lipinski definition) is 5. The topological polar surface area (TPSA) is 115 Å². The minimum absolute atomic E-state index is 0.0223. The van der Waals surface area contributed by atoms with Gasteiger partial charge in [-0.05, 0) is 31.0 Å². The zero-order valence-corrected chi connectivity index (χ0v) is 14.7. The van der Waals surface area contributed by atoms with Crippen molar-refractivity contribution in [2.45, 2.75) is 12.8 Å². The van der Waals surface area contributed by atoms with E-state index in [1.807, 2.05) is 0 Å². The Balaban J connectivity index is 1.85. The molecule has 1 N–H and O–H groups in total. The van der Waals surface area contributed by atoms with Gasteiger partial charge in [-0.25, -0.2) is 0 Å². The number of carbonyl (C=O) groups is 2. The van der Waals surface area contributed by atoms with E-state index in [-0.39, 0.29) is 22.8 Å². The molecule has 0 spiro atoms. The highest BCUT2D eigenvalue weighted by Crippen LogP contribution is 2.16. The molecule has 0 atom stereocenters. The average molecular weight is 370 g/mol. The number of hydrogen-bond donors (Lipinski definition) is 1. The lowest BCUT2D eigenvalue weighted by Gasteiger charge is -2.16. The number of aryl methyl sites for hydroxylation is 1. The van der Waals surface area contributed by atoms with Crippen LogP contribution in [0.5, 0.6) is 0 Å². The van der Waals surface area contributed by atoms with E-state index in [9.17, 15) is 24.5 Å². The van der Waals surface area contributed by atoms with Crippen LogP contribution in [0.3, 0.4) is 0 Å². The molecule has 1 aromatic carbocycles. The van der Waals surface area contributed by atoms with Crippen LogP contribution < -0.4 is 10.9 Å². The predicted octanol–water partition coefficient (Wildman–Crippen LogP) is 1.78. The minimum Gasteiger partial charge on any atom is -0.339 e. The van der Waals surface area contributed by atoms with E-state index in [1.165, 1.54) is 48.1 Å². The molecule has 0 radical (unpaired) electrons. The Bertz CT molecular complexity index is 959. The van der Waals surface area contributed by atoms with E-state index in [1.54, 1.807) is 4.90 Å². The molecule has 1 aliphatic rings. The first-order valence-electron chi connectivity index (χ1n) is 8.42. The Morgan fingerprint density at radius 1 is 1.11 bits per heavy atom. The largest absolute Gasteiger partial charge is 0.339 e. The lowest BCUT2D eigenvalue weighted by molar-refractivity contribution is -0.384. The van der Waals surface area contributed by atoms with Gasteiger partial charge in [0.05, 0.1) is 10.5 Å². The molecule has 27 heavy (non-hydrogen) atoms. The van der Waals surface area contributed by atoms with Crippen LogP contribution in [0.15, 0.2) is 41.3 Å². The molecule has 1 fully saturated rings. The van der Waals surface area contributed by atoms with Gasteiger partial charge in [0, 0.05) is 44.0 Å². The number of aromatic nitrogens is 1. The first kappa shape index (κ1) is 18.3.